The van der Waals surface area contributed by atoms with E-state index in [0.717, 1.165) is 10.4 Å². The Hall–Kier alpha value is -3.08. The van der Waals surface area contributed by atoms with Crippen molar-refractivity contribution in [2.45, 2.75) is 19.9 Å². The summed E-state index contributed by atoms with van der Waals surface area (Å²) < 4.78 is 21.5. The fourth-order valence-corrected chi connectivity index (χ4v) is 5.15. The maximum atomic E-state index is 14.0. The van der Waals surface area contributed by atoms with Crippen molar-refractivity contribution < 1.29 is 13.9 Å². The first-order valence-electron chi connectivity index (χ1n) is 10.8. The summed E-state index contributed by atoms with van der Waals surface area (Å²) in [5.41, 5.74) is 2.09. The van der Waals surface area contributed by atoms with Crippen LogP contribution in [0.5, 0.6) is 0 Å². The number of esters is 1. The highest BCUT2D eigenvalue weighted by Gasteiger charge is 2.19. The lowest BCUT2D eigenvalue weighted by Gasteiger charge is -2.09. The Morgan fingerprint density at radius 3 is 2.66 bits per heavy atom. The predicted molar refractivity (Wildman–Crippen MR) is 145 cm³/mol. The number of nitrogens with zero attached hydrogens (tertiary/aromatic N) is 2. The third-order valence-corrected chi connectivity index (χ3v) is 6.80. The first-order valence-corrected chi connectivity index (χ1v) is 12.8. The Labute approximate surface area is 220 Å². The van der Waals surface area contributed by atoms with Gasteiger partial charge in [-0.25, -0.2) is 9.18 Å². The van der Waals surface area contributed by atoms with E-state index < -0.39 is 5.97 Å². The van der Waals surface area contributed by atoms with Crippen molar-refractivity contribution in [3.05, 3.63) is 98.7 Å². The van der Waals surface area contributed by atoms with E-state index in [1.807, 2.05) is 36.4 Å². The zero-order valence-electron chi connectivity index (χ0n) is 18.8. The van der Waals surface area contributed by atoms with E-state index in [0.29, 0.717) is 32.8 Å². The van der Waals surface area contributed by atoms with Crippen LogP contribution in [-0.4, -0.2) is 27.5 Å². The number of hydrogen-bond donors (Lipinski definition) is 2. The van der Waals surface area contributed by atoms with Gasteiger partial charge in [-0.2, -0.15) is 5.10 Å². The molecule has 180 valence electrons. The first kappa shape index (κ1) is 25.0. The number of aromatic nitrogens is 2. The molecule has 0 radical (unpaired) electrons. The van der Waals surface area contributed by atoms with Crippen LogP contribution >= 0.6 is 39.5 Å². The summed E-state index contributed by atoms with van der Waals surface area (Å²) in [6, 6.07) is 18.4. The molecule has 0 aliphatic heterocycles. The van der Waals surface area contributed by atoms with E-state index in [1.54, 1.807) is 36.0 Å². The number of rotatable bonds is 8. The normalized spacial score (nSPS) is 10.7. The summed E-state index contributed by atoms with van der Waals surface area (Å²) in [5.74, 6) is -0.234. The van der Waals surface area contributed by atoms with Gasteiger partial charge in [-0.1, -0.05) is 48.5 Å². The fraction of sp³-hybridized carbons (Fsp3) is 0.160. The summed E-state index contributed by atoms with van der Waals surface area (Å²) in [6.45, 7) is 2.31. The highest BCUT2D eigenvalue weighted by atomic mass is 79.9. The summed E-state index contributed by atoms with van der Waals surface area (Å²) in [5, 5.41) is 11.5. The van der Waals surface area contributed by atoms with E-state index in [2.05, 4.69) is 31.7 Å². The Bertz CT molecular complexity index is 1340. The Balaban J connectivity index is 1.48. The summed E-state index contributed by atoms with van der Waals surface area (Å²) in [6.07, 6.45) is 2.43. The van der Waals surface area contributed by atoms with E-state index in [1.165, 1.54) is 17.4 Å². The standard InChI is InChI=1S/C25H22BrFN4O2S2/c1-2-33-24(32)19-13-18(12-16-8-4-3-5-9-16)35-23(19)29-25(34)28-22-20(26)15-31(30-22)14-17-10-6-7-11-21(17)27/h3-11,13,15H,2,12,14H2,1H3,(H2,28,29,30,34). The number of thiocarbonyl (C=S) groups is 1. The molecule has 2 aromatic carbocycles. The second-order valence-corrected chi connectivity index (χ2v) is 9.93. The highest BCUT2D eigenvalue weighted by molar-refractivity contribution is 9.10. The van der Waals surface area contributed by atoms with E-state index in [4.69, 9.17) is 17.0 Å². The van der Waals surface area contributed by atoms with Crippen LogP contribution in [-0.2, 0) is 17.7 Å². The molecule has 0 saturated heterocycles. The number of anilines is 2. The molecular formula is C25H22BrFN4O2S2. The van der Waals surface area contributed by atoms with Gasteiger partial charge in [-0.15, -0.1) is 11.3 Å². The molecule has 35 heavy (non-hydrogen) atoms. The summed E-state index contributed by atoms with van der Waals surface area (Å²) in [4.78, 5) is 13.6. The van der Waals surface area contributed by atoms with Gasteiger partial charge in [0.1, 0.15) is 10.8 Å². The number of ether oxygens (including phenoxy) is 1. The zero-order valence-corrected chi connectivity index (χ0v) is 22.0. The lowest BCUT2D eigenvalue weighted by atomic mass is 10.1. The monoisotopic (exact) mass is 572 g/mol. The van der Waals surface area contributed by atoms with Crippen LogP contribution in [0, 0.1) is 5.82 Å². The number of hydrogen-bond acceptors (Lipinski definition) is 5. The molecule has 0 bridgehead atoms. The topological polar surface area (TPSA) is 68.2 Å². The quantitative estimate of drug-likeness (QED) is 0.186. The molecule has 0 spiro atoms. The SMILES string of the molecule is CCOC(=O)c1cc(Cc2ccccc2)sc1NC(=S)Nc1nn(Cc2ccccc2F)cc1Br. The molecule has 10 heteroatoms. The lowest BCUT2D eigenvalue weighted by molar-refractivity contribution is 0.0528. The van der Waals surface area contributed by atoms with Crippen molar-refractivity contribution in [3.63, 3.8) is 0 Å². The molecule has 0 aliphatic rings. The zero-order chi connectivity index (χ0) is 24.8. The lowest BCUT2D eigenvalue weighted by Crippen LogP contribution is -2.20. The Morgan fingerprint density at radius 1 is 1.17 bits per heavy atom. The van der Waals surface area contributed by atoms with Crippen molar-refractivity contribution in [3.8, 4) is 0 Å². The van der Waals surface area contributed by atoms with Gasteiger partial charge >= 0.3 is 5.97 Å². The van der Waals surface area contributed by atoms with Gasteiger partial charge in [0.25, 0.3) is 0 Å². The summed E-state index contributed by atoms with van der Waals surface area (Å²) >= 11 is 10.4. The molecule has 0 aliphatic carbocycles. The van der Waals surface area contributed by atoms with Crippen molar-refractivity contribution in [2.75, 3.05) is 17.2 Å². The molecule has 4 aromatic rings. The smallest absolute Gasteiger partial charge is 0.341 e. The summed E-state index contributed by atoms with van der Waals surface area (Å²) in [7, 11) is 0. The minimum atomic E-state index is -0.413. The van der Waals surface area contributed by atoms with Gasteiger partial charge in [0.2, 0.25) is 0 Å². The average molecular weight is 574 g/mol. The highest BCUT2D eigenvalue weighted by Crippen LogP contribution is 2.31. The minimum Gasteiger partial charge on any atom is -0.462 e. The second-order valence-electron chi connectivity index (χ2n) is 7.53. The number of thiophene rings is 1. The molecule has 0 unspecified atom stereocenters. The van der Waals surface area contributed by atoms with E-state index in [-0.39, 0.29) is 24.1 Å². The van der Waals surface area contributed by atoms with Crippen molar-refractivity contribution in [1.82, 2.24) is 9.78 Å². The molecular weight excluding hydrogens is 551 g/mol. The van der Waals surface area contributed by atoms with Gasteiger partial charge in [-0.05, 0) is 52.8 Å². The molecule has 2 N–H and O–H groups in total. The molecule has 2 heterocycles. The van der Waals surface area contributed by atoms with Crippen molar-refractivity contribution in [1.29, 1.82) is 0 Å². The first-order chi connectivity index (χ1) is 16.9. The van der Waals surface area contributed by atoms with Gasteiger partial charge < -0.3 is 15.4 Å². The number of benzene rings is 2. The third kappa shape index (κ3) is 6.53. The van der Waals surface area contributed by atoms with Gasteiger partial charge in [0, 0.05) is 23.1 Å². The number of halogens is 2. The third-order valence-electron chi connectivity index (χ3n) is 4.97. The van der Waals surface area contributed by atoms with E-state index >= 15 is 0 Å². The van der Waals surface area contributed by atoms with E-state index in [9.17, 15) is 9.18 Å². The maximum absolute atomic E-state index is 14.0. The van der Waals surface area contributed by atoms with Crippen LogP contribution in [0.4, 0.5) is 15.2 Å². The van der Waals surface area contributed by atoms with Crippen molar-refractivity contribution >= 4 is 61.4 Å². The number of carbonyl (C=O) groups is 1. The minimum absolute atomic E-state index is 0.264. The Kier molecular flexibility index (Phi) is 8.27. The van der Waals surface area contributed by atoms with Gasteiger partial charge in [0.15, 0.2) is 10.9 Å². The number of nitrogens with one attached hydrogen (secondary N) is 2. The predicted octanol–water partition coefficient (Wildman–Crippen LogP) is 6.47. The second kappa shape index (κ2) is 11.6. The van der Waals surface area contributed by atoms with Crippen LogP contribution < -0.4 is 10.6 Å². The Morgan fingerprint density at radius 2 is 1.91 bits per heavy atom. The van der Waals surface area contributed by atoms with Crippen LogP contribution in [0.2, 0.25) is 0 Å². The molecule has 2 aromatic heterocycles. The molecule has 4 rings (SSSR count). The molecule has 0 saturated carbocycles. The van der Waals surface area contributed by atoms with Gasteiger partial charge in [0.05, 0.1) is 23.2 Å². The molecule has 0 amide bonds. The maximum Gasteiger partial charge on any atom is 0.341 e. The van der Waals surface area contributed by atoms with Crippen LogP contribution in [0.1, 0.15) is 33.3 Å². The average Bonchev–Trinajstić information content (AvgIpc) is 3.38. The van der Waals surface area contributed by atoms with Gasteiger partial charge in [-0.3, -0.25) is 4.68 Å². The van der Waals surface area contributed by atoms with Crippen LogP contribution in [0.3, 0.4) is 0 Å². The number of carbonyl (C=O) groups excluding carboxylic acids is 1. The largest absolute Gasteiger partial charge is 0.462 e. The van der Waals surface area contributed by atoms with Crippen LogP contribution in [0.15, 0.2) is 71.3 Å². The van der Waals surface area contributed by atoms with Crippen LogP contribution in [0.25, 0.3) is 0 Å². The molecule has 0 fully saturated rings. The molecule has 0 atom stereocenters. The van der Waals surface area contributed by atoms with Crippen molar-refractivity contribution in [2.24, 2.45) is 0 Å². The molecule has 6 nitrogen and oxygen atoms in total. The fourth-order valence-electron chi connectivity index (χ4n) is 3.39.